The van der Waals surface area contributed by atoms with Crippen LogP contribution in [-0.2, 0) is 0 Å². The van der Waals surface area contributed by atoms with E-state index < -0.39 is 0 Å². The zero-order valence-electron chi connectivity index (χ0n) is 9.63. The third kappa shape index (κ3) is 2.33. The molecule has 9 heteroatoms. The number of nitrogens with zero attached hydrogens (tertiary/aromatic N) is 5. The zero-order chi connectivity index (χ0) is 14.3. The van der Waals surface area contributed by atoms with Crippen LogP contribution < -0.4 is 0 Å². The lowest BCUT2D eigenvalue weighted by Crippen LogP contribution is -2.00. The van der Waals surface area contributed by atoms with Crippen molar-refractivity contribution in [3.8, 4) is 11.4 Å². The van der Waals surface area contributed by atoms with Crippen molar-refractivity contribution in [2.75, 3.05) is 0 Å². The number of halogens is 4. The summed E-state index contributed by atoms with van der Waals surface area (Å²) in [6, 6.07) is 3.21. The first-order valence-corrected chi connectivity index (χ1v) is 7.24. The Morgan fingerprint density at radius 3 is 2.35 bits per heavy atom. The summed E-state index contributed by atoms with van der Waals surface area (Å²) in [5.41, 5.74) is 1.25. The van der Waals surface area contributed by atoms with E-state index in [9.17, 15) is 0 Å². The molecule has 0 N–H and O–H groups in total. The van der Waals surface area contributed by atoms with Gasteiger partial charge in [-0.05, 0) is 28.1 Å². The molecule has 0 aliphatic heterocycles. The molecule has 5 nitrogen and oxygen atoms in total. The Morgan fingerprint density at radius 2 is 1.75 bits per heavy atom. The van der Waals surface area contributed by atoms with Crippen molar-refractivity contribution < 1.29 is 0 Å². The Morgan fingerprint density at radius 1 is 1.05 bits per heavy atom. The molecule has 3 rings (SSSR count). The van der Waals surface area contributed by atoms with Gasteiger partial charge in [0.2, 0.25) is 0 Å². The molecule has 0 saturated carbocycles. The van der Waals surface area contributed by atoms with Crippen LogP contribution in [0.1, 0.15) is 0 Å². The van der Waals surface area contributed by atoms with E-state index in [1.54, 1.807) is 34.0 Å². The molecule has 0 saturated heterocycles. The molecule has 20 heavy (non-hydrogen) atoms. The van der Waals surface area contributed by atoms with E-state index in [0.29, 0.717) is 31.0 Å². The minimum absolute atomic E-state index is 0.399. The summed E-state index contributed by atoms with van der Waals surface area (Å²) >= 11 is 21.7. The Balaban J connectivity index is 2.18. The molecule has 0 fully saturated rings. The second kappa shape index (κ2) is 5.37. The summed E-state index contributed by atoms with van der Waals surface area (Å²) < 4.78 is 3.79. The zero-order valence-corrected chi connectivity index (χ0v) is 13.5. The highest BCUT2D eigenvalue weighted by Crippen LogP contribution is 2.34. The largest absolute Gasteiger partial charge is 0.223 e. The van der Waals surface area contributed by atoms with Gasteiger partial charge in [-0.25, -0.2) is 14.3 Å². The van der Waals surface area contributed by atoms with Gasteiger partial charge >= 0.3 is 0 Å². The molecular weight excluding hydrogens is 388 g/mol. The quantitative estimate of drug-likeness (QED) is 0.656. The Kier molecular flexibility index (Phi) is 3.72. The predicted molar refractivity (Wildman–Crippen MR) is 81.2 cm³/mol. The van der Waals surface area contributed by atoms with E-state index in [4.69, 9.17) is 34.8 Å². The van der Waals surface area contributed by atoms with Crippen LogP contribution in [0.3, 0.4) is 0 Å². The van der Waals surface area contributed by atoms with Crippen LogP contribution >= 0.6 is 50.7 Å². The van der Waals surface area contributed by atoms with Gasteiger partial charge in [-0.15, -0.1) is 0 Å². The van der Waals surface area contributed by atoms with Gasteiger partial charge in [0.1, 0.15) is 28.6 Å². The SMILES string of the molecule is Clc1cc(Cl)c(-n2ncc(-n3cncn3)c2Br)c(Cl)c1. The highest BCUT2D eigenvalue weighted by atomic mass is 79.9. The highest BCUT2D eigenvalue weighted by molar-refractivity contribution is 9.10. The number of hydrogen-bond acceptors (Lipinski definition) is 3. The molecule has 0 atom stereocenters. The topological polar surface area (TPSA) is 48.5 Å². The van der Waals surface area contributed by atoms with Gasteiger partial charge in [0, 0.05) is 5.02 Å². The van der Waals surface area contributed by atoms with Crippen LogP contribution in [0.2, 0.25) is 15.1 Å². The lowest BCUT2D eigenvalue weighted by atomic mass is 10.3. The van der Waals surface area contributed by atoms with Crippen molar-refractivity contribution in [1.82, 2.24) is 24.5 Å². The van der Waals surface area contributed by atoms with Gasteiger partial charge in [0.05, 0.1) is 16.2 Å². The first-order chi connectivity index (χ1) is 9.58. The van der Waals surface area contributed by atoms with Crippen LogP contribution in [0.25, 0.3) is 11.4 Å². The van der Waals surface area contributed by atoms with Crippen LogP contribution in [0.4, 0.5) is 0 Å². The van der Waals surface area contributed by atoms with Crippen LogP contribution in [0, 0.1) is 0 Å². The van der Waals surface area contributed by atoms with E-state index in [0.717, 1.165) is 0 Å². The molecule has 0 bridgehead atoms. The molecular formula is C11H5BrCl3N5. The third-order valence-electron chi connectivity index (χ3n) is 2.55. The number of rotatable bonds is 2. The van der Waals surface area contributed by atoms with Crippen molar-refractivity contribution in [2.45, 2.75) is 0 Å². The molecule has 0 aliphatic carbocycles. The summed E-state index contributed by atoms with van der Waals surface area (Å²) in [6.45, 7) is 0. The lowest BCUT2D eigenvalue weighted by molar-refractivity contribution is 0.847. The molecule has 0 aliphatic rings. The van der Waals surface area contributed by atoms with E-state index in [2.05, 4.69) is 31.1 Å². The van der Waals surface area contributed by atoms with E-state index >= 15 is 0 Å². The maximum Gasteiger partial charge on any atom is 0.138 e. The monoisotopic (exact) mass is 391 g/mol. The minimum Gasteiger partial charge on any atom is -0.223 e. The van der Waals surface area contributed by atoms with Gasteiger partial charge in [0.15, 0.2) is 0 Å². The maximum absolute atomic E-state index is 6.19. The second-order valence-corrected chi connectivity index (χ2v) is 5.79. The first-order valence-electron chi connectivity index (χ1n) is 5.31. The van der Waals surface area contributed by atoms with Crippen LogP contribution in [0.15, 0.2) is 35.6 Å². The smallest absolute Gasteiger partial charge is 0.138 e. The number of benzene rings is 1. The average Bonchev–Trinajstić information content (AvgIpc) is 2.99. The van der Waals surface area contributed by atoms with Crippen LogP contribution in [0.5, 0.6) is 0 Å². The summed E-state index contributed by atoms with van der Waals surface area (Å²) in [5.74, 6) is 0. The molecule has 2 heterocycles. The predicted octanol–water partition coefficient (Wildman–Crippen LogP) is 4.18. The van der Waals surface area contributed by atoms with Crippen molar-refractivity contribution in [1.29, 1.82) is 0 Å². The highest BCUT2D eigenvalue weighted by Gasteiger charge is 2.17. The summed E-state index contributed by atoms with van der Waals surface area (Å²) in [4.78, 5) is 3.89. The standard InChI is InChI=1S/C11H5BrCl3N5/c12-11-9(19-5-16-4-18-19)3-17-20(11)10-7(14)1-6(13)2-8(10)15/h1-5H. The summed E-state index contributed by atoms with van der Waals surface area (Å²) in [5, 5.41) is 9.57. The van der Waals surface area contributed by atoms with Gasteiger partial charge in [-0.2, -0.15) is 10.2 Å². The van der Waals surface area contributed by atoms with Crippen LogP contribution in [-0.4, -0.2) is 24.5 Å². The number of aromatic nitrogens is 5. The normalized spacial score (nSPS) is 11.0. The first kappa shape index (κ1) is 13.9. The molecule has 0 spiro atoms. The molecule has 2 aromatic heterocycles. The van der Waals surface area contributed by atoms with Crippen molar-refractivity contribution in [2.24, 2.45) is 0 Å². The minimum atomic E-state index is 0.399. The maximum atomic E-state index is 6.19. The van der Waals surface area contributed by atoms with Gasteiger partial charge in [-0.3, -0.25) is 0 Å². The van der Waals surface area contributed by atoms with Crippen molar-refractivity contribution in [3.63, 3.8) is 0 Å². The average molecular weight is 393 g/mol. The number of hydrogen-bond donors (Lipinski definition) is 0. The molecule has 102 valence electrons. The van der Waals surface area contributed by atoms with E-state index in [1.807, 2.05) is 0 Å². The second-order valence-electron chi connectivity index (χ2n) is 3.79. The molecule has 1 aromatic carbocycles. The molecule has 0 amide bonds. The summed E-state index contributed by atoms with van der Waals surface area (Å²) in [7, 11) is 0. The van der Waals surface area contributed by atoms with Crippen molar-refractivity contribution >= 4 is 50.7 Å². The Hall–Kier alpha value is -1.08. The summed E-state index contributed by atoms with van der Waals surface area (Å²) in [6.07, 6.45) is 4.63. The van der Waals surface area contributed by atoms with E-state index in [-0.39, 0.29) is 0 Å². The fourth-order valence-electron chi connectivity index (χ4n) is 1.70. The fourth-order valence-corrected chi connectivity index (χ4v) is 3.23. The molecule has 0 unspecified atom stereocenters. The van der Waals surface area contributed by atoms with Gasteiger partial charge in [-0.1, -0.05) is 34.8 Å². The molecule has 3 aromatic rings. The Bertz CT molecular complexity index is 745. The van der Waals surface area contributed by atoms with Crippen molar-refractivity contribution in [3.05, 3.63) is 50.7 Å². The lowest BCUT2D eigenvalue weighted by Gasteiger charge is -2.09. The van der Waals surface area contributed by atoms with Gasteiger partial charge in [0.25, 0.3) is 0 Å². The van der Waals surface area contributed by atoms with E-state index in [1.165, 1.54) is 6.33 Å². The molecule has 0 radical (unpaired) electrons. The third-order valence-corrected chi connectivity index (χ3v) is 4.09. The fraction of sp³-hybridized carbons (Fsp3) is 0. The Labute approximate surface area is 137 Å². The van der Waals surface area contributed by atoms with Gasteiger partial charge < -0.3 is 0 Å².